The molecule has 0 spiro atoms. The van der Waals surface area contributed by atoms with Gasteiger partial charge in [0.15, 0.2) is 0 Å². The summed E-state index contributed by atoms with van der Waals surface area (Å²) in [5, 5.41) is 9.32. The van der Waals surface area contributed by atoms with Crippen LogP contribution in [-0.2, 0) is 0 Å². The van der Waals surface area contributed by atoms with E-state index < -0.39 is 0 Å². The molecule has 1 heterocycles. The second kappa shape index (κ2) is 5.74. The molecule has 2 rings (SSSR count). The summed E-state index contributed by atoms with van der Waals surface area (Å²) in [6.07, 6.45) is 2.61. The van der Waals surface area contributed by atoms with Gasteiger partial charge >= 0.3 is 0 Å². The molecule has 1 aromatic heterocycles. The molecule has 0 amide bonds. The van der Waals surface area contributed by atoms with Crippen molar-refractivity contribution in [3.63, 3.8) is 0 Å². The number of aryl methyl sites for hydroxylation is 1. The maximum Gasteiger partial charge on any atom is 0.134 e. The fraction of sp³-hybridized carbons (Fsp3) is 0.333. The van der Waals surface area contributed by atoms with Crippen molar-refractivity contribution in [2.45, 2.75) is 26.2 Å². The summed E-state index contributed by atoms with van der Waals surface area (Å²) in [6, 6.07) is 10.1. The normalized spacial score (nSPS) is 12.4. The molecular weight excluding hydrogens is 224 g/mol. The molecule has 0 saturated carbocycles. The SMILES string of the molecule is CCC(CO)c1nccc(-c2ccccc2C)n1. The van der Waals surface area contributed by atoms with E-state index in [-0.39, 0.29) is 12.5 Å². The van der Waals surface area contributed by atoms with Crippen LogP contribution < -0.4 is 0 Å². The summed E-state index contributed by atoms with van der Waals surface area (Å²) in [7, 11) is 0. The highest BCUT2D eigenvalue weighted by atomic mass is 16.3. The Hall–Kier alpha value is -1.74. The number of hydrogen-bond donors (Lipinski definition) is 1. The highest BCUT2D eigenvalue weighted by Crippen LogP contribution is 2.23. The van der Waals surface area contributed by atoms with Crippen LogP contribution in [0.1, 0.15) is 30.7 Å². The Labute approximate surface area is 108 Å². The largest absolute Gasteiger partial charge is 0.396 e. The van der Waals surface area contributed by atoms with Gasteiger partial charge in [0.25, 0.3) is 0 Å². The van der Waals surface area contributed by atoms with E-state index in [9.17, 15) is 5.11 Å². The smallest absolute Gasteiger partial charge is 0.134 e. The Balaban J connectivity index is 2.42. The van der Waals surface area contributed by atoms with Crippen molar-refractivity contribution >= 4 is 0 Å². The van der Waals surface area contributed by atoms with Crippen LogP contribution in [0.5, 0.6) is 0 Å². The molecule has 0 aliphatic heterocycles. The minimum Gasteiger partial charge on any atom is -0.396 e. The fourth-order valence-corrected chi connectivity index (χ4v) is 1.97. The Morgan fingerprint density at radius 2 is 2.00 bits per heavy atom. The van der Waals surface area contributed by atoms with Crippen LogP contribution in [0.25, 0.3) is 11.3 Å². The second-order valence-corrected chi connectivity index (χ2v) is 4.40. The molecule has 0 aliphatic carbocycles. The van der Waals surface area contributed by atoms with Gasteiger partial charge in [-0.05, 0) is 25.0 Å². The monoisotopic (exact) mass is 242 g/mol. The van der Waals surface area contributed by atoms with Crippen LogP contribution in [0.15, 0.2) is 36.5 Å². The van der Waals surface area contributed by atoms with E-state index in [1.807, 2.05) is 25.1 Å². The highest BCUT2D eigenvalue weighted by molar-refractivity contribution is 5.62. The van der Waals surface area contributed by atoms with Crippen LogP contribution in [0.3, 0.4) is 0 Å². The molecular formula is C15H18N2O. The van der Waals surface area contributed by atoms with Crippen LogP contribution in [0.4, 0.5) is 0 Å². The van der Waals surface area contributed by atoms with Gasteiger partial charge < -0.3 is 5.11 Å². The fourth-order valence-electron chi connectivity index (χ4n) is 1.97. The second-order valence-electron chi connectivity index (χ2n) is 4.40. The number of benzene rings is 1. The van der Waals surface area contributed by atoms with E-state index in [1.165, 1.54) is 5.56 Å². The van der Waals surface area contributed by atoms with E-state index in [4.69, 9.17) is 0 Å². The highest BCUT2D eigenvalue weighted by Gasteiger charge is 2.12. The third-order valence-electron chi connectivity index (χ3n) is 3.17. The number of aliphatic hydroxyl groups excluding tert-OH is 1. The molecule has 94 valence electrons. The summed E-state index contributed by atoms with van der Waals surface area (Å²) >= 11 is 0. The zero-order valence-electron chi connectivity index (χ0n) is 10.8. The molecule has 3 heteroatoms. The van der Waals surface area contributed by atoms with Gasteiger partial charge in [-0.15, -0.1) is 0 Å². The topological polar surface area (TPSA) is 46.0 Å². The van der Waals surface area contributed by atoms with E-state index >= 15 is 0 Å². The van der Waals surface area contributed by atoms with Crippen molar-refractivity contribution < 1.29 is 5.11 Å². The van der Waals surface area contributed by atoms with Crippen molar-refractivity contribution in [1.82, 2.24) is 9.97 Å². The van der Waals surface area contributed by atoms with Gasteiger partial charge in [0.2, 0.25) is 0 Å². The van der Waals surface area contributed by atoms with Gasteiger partial charge in [0.05, 0.1) is 12.3 Å². The first-order chi connectivity index (χ1) is 8.76. The Bertz CT molecular complexity index is 521. The quantitative estimate of drug-likeness (QED) is 0.896. The summed E-state index contributed by atoms with van der Waals surface area (Å²) in [4.78, 5) is 8.84. The molecule has 1 N–H and O–H groups in total. The molecule has 0 radical (unpaired) electrons. The third kappa shape index (κ3) is 2.57. The van der Waals surface area contributed by atoms with Gasteiger partial charge in [0.1, 0.15) is 5.82 Å². The van der Waals surface area contributed by atoms with Crippen molar-refractivity contribution in [2.75, 3.05) is 6.61 Å². The van der Waals surface area contributed by atoms with E-state index in [0.29, 0.717) is 0 Å². The van der Waals surface area contributed by atoms with Crippen molar-refractivity contribution in [3.05, 3.63) is 47.9 Å². The maximum atomic E-state index is 9.32. The molecule has 1 atom stereocenters. The number of hydrogen-bond acceptors (Lipinski definition) is 3. The first kappa shape index (κ1) is 12.7. The Morgan fingerprint density at radius 1 is 1.22 bits per heavy atom. The van der Waals surface area contributed by atoms with Gasteiger partial charge in [0, 0.05) is 17.7 Å². The predicted octanol–water partition coefficient (Wildman–Crippen LogP) is 2.94. The lowest BCUT2D eigenvalue weighted by Gasteiger charge is -2.11. The molecule has 3 nitrogen and oxygen atoms in total. The molecule has 0 fully saturated rings. The number of nitrogens with zero attached hydrogens (tertiary/aromatic N) is 2. The molecule has 0 saturated heterocycles. The Kier molecular flexibility index (Phi) is 4.05. The van der Waals surface area contributed by atoms with E-state index in [0.717, 1.165) is 23.5 Å². The van der Waals surface area contributed by atoms with Crippen molar-refractivity contribution in [3.8, 4) is 11.3 Å². The Morgan fingerprint density at radius 3 is 2.67 bits per heavy atom. The number of aromatic nitrogens is 2. The maximum absolute atomic E-state index is 9.32. The van der Waals surface area contributed by atoms with Crippen LogP contribution in [0.2, 0.25) is 0 Å². The average molecular weight is 242 g/mol. The standard InChI is InChI=1S/C15H18N2O/c1-3-12(10-18)15-16-9-8-14(17-15)13-7-5-4-6-11(13)2/h4-9,12,18H,3,10H2,1-2H3. The minimum atomic E-state index is 0.0222. The molecule has 0 bridgehead atoms. The van der Waals surface area contributed by atoms with Gasteiger partial charge in [-0.1, -0.05) is 31.2 Å². The van der Waals surface area contributed by atoms with Crippen molar-refractivity contribution in [1.29, 1.82) is 0 Å². The number of rotatable bonds is 4. The van der Waals surface area contributed by atoms with Crippen LogP contribution in [0, 0.1) is 6.92 Å². The summed E-state index contributed by atoms with van der Waals surface area (Å²) < 4.78 is 0. The first-order valence-electron chi connectivity index (χ1n) is 6.26. The lowest BCUT2D eigenvalue weighted by Crippen LogP contribution is -2.08. The molecule has 0 aliphatic rings. The molecule has 1 aromatic carbocycles. The lowest BCUT2D eigenvalue weighted by molar-refractivity contribution is 0.257. The van der Waals surface area contributed by atoms with Gasteiger partial charge in [-0.3, -0.25) is 0 Å². The predicted molar refractivity (Wildman–Crippen MR) is 72.3 cm³/mol. The van der Waals surface area contributed by atoms with E-state index in [1.54, 1.807) is 6.20 Å². The third-order valence-corrected chi connectivity index (χ3v) is 3.17. The van der Waals surface area contributed by atoms with Crippen molar-refractivity contribution in [2.24, 2.45) is 0 Å². The molecule has 1 unspecified atom stereocenters. The molecule has 18 heavy (non-hydrogen) atoms. The summed E-state index contributed by atoms with van der Waals surface area (Å²) in [5.74, 6) is 0.745. The van der Waals surface area contributed by atoms with E-state index in [2.05, 4.69) is 29.0 Å². The average Bonchev–Trinajstić information content (AvgIpc) is 2.41. The van der Waals surface area contributed by atoms with Gasteiger partial charge in [-0.25, -0.2) is 9.97 Å². The number of aliphatic hydroxyl groups is 1. The van der Waals surface area contributed by atoms with Crippen LogP contribution >= 0.6 is 0 Å². The van der Waals surface area contributed by atoms with Gasteiger partial charge in [-0.2, -0.15) is 0 Å². The summed E-state index contributed by atoms with van der Waals surface area (Å²) in [6.45, 7) is 4.19. The zero-order chi connectivity index (χ0) is 13.0. The first-order valence-corrected chi connectivity index (χ1v) is 6.26. The minimum absolute atomic E-state index is 0.0222. The van der Waals surface area contributed by atoms with Crippen LogP contribution in [-0.4, -0.2) is 21.7 Å². The molecule has 2 aromatic rings. The summed E-state index contributed by atoms with van der Waals surface area (Å²) in [5.41, 5.74) is 3.23. The lowest BCUT2D eigenvalue weighted by atomic mass is 10.0. The zero-order valence-corrected chi connectivity index (χ0v) is 10.8.